The normalized spacial score (nSPS) is 33.2. The molecule has 2 heterocycles. The number of nitrogens with zero attached hydrogens (tertiary/aromatic N) is 1. The Bertz CT molecular complexity index is 1330. The summed E-state index contributed by atoms with van der Waals surface area (Å²) in [6, 6.07) is 8.41. The minimum Gasteiger partial charge on any atom is -0.397 e. The zero-order valence-electron chi connectivity index (χ0n) is 23.3. The maximum atomic E-state index is 13.7. The lowest BCUT2D eigenvalue weighted by atomic mass is 9.96. The van der Waals surface area contributed by atoms with Gasteiger partial charge in [0, 0.05) is 23.5 Å². The summed E-state index contributed by atoms with van der Waals surface area (Å²) < 4.78 is 38.8. The largest absolute Gasteiger partial charge is 0.397 e. The van der Waals surface area contributed by atoms with E-state index in [1.54, 1.807) is 6.07 Å². The number of hydrogen-bond donors (Lipinski definition) is 10. The lowest BCUT2D eigenvalue weighted by Gasteiger charge is -2.47. The fourth-order valence-corrected chi connectivity index (χ4v) is 6.32. The molecule has 13 nitrogen and oxygen atoms in total. The van der Waals surface area contributed by atoms with E-state index in [2.05, 4.69) is 5.32 Å². The molecule has 242 valence electrons. The molecule has 2 aliphatic rings. The lowest BCUT2D eigenvalue weighted by molar-refractivity contribution is -0.188. The standard InChI is InChI=1S/C28H37F2N5O8S/c29-15-5-1-3-13(7-15)17(31)9-34-21-23(38)19(11-36)42-27(25(21)40)44-28-26(41)22(24(39)20(12-37)43-28)35(33)10-18(32)14-4-2-6-16(30)8-14/h1-10,19-28,34,36-41H,11-12,31-33H2/b17-9-,18-10-. The average Bonchev–Trinajstić information content (AvgIpc) is 2.99. The van der Waals surface area contributed by atoms with Gasteiger partial charge in [-0.05, 0) is 24.3 Å². The maximum absolute atomic E-state index is 13.7. The molecule has 0 aromatic heterocycles. The van der Waals surface area contributed by atoms with E-state index in [9.17, 15) is 39.4 Å². The Morgan fingerprint density at radius 1 is 0.818 bits per heavy atom. The zero-order valence-corrected chi connectivity index (χ0v) is 24.1. The molecule has 16 heteroatoms. The van der Waals surface area contributed by atoms with Gasteiger partial charge in [-0.15, -0.1) is 0 Å². The van der Waals surface area contributed by atoms with Crippen LogP contribution in [0.1, 0.15) is 11.1 Å². The Balaban J connectivity index is 1.53. The summed E-state index contributed by atoms with van der Waals surface area (Å²) >= 11 is 0.761. The van der Waals surface area contributed by atoms with Crippen LogP contribution in [0, 0.1) is 11.6 Å². The number of benzene rings is 2. The minimum absolute atomic E-state index is 0.0212. The zero-order chi connectivity index (χ0) is 32.1. The van der Waals surface area contributed by atoms with Gasteiger partial charge in [0.15, 0.2) is 0 Å². The molecule has 2 aromatic carbocycles. The Kier molecular flexibility index (Phi) is 11.4. The van der Waals surface area contributed by atoms with Crippen molar-refractivity contribution in [2.75, 3.05) is 13.2 Å². The van der Waals surface area contributed by atoms with E-state index in [1.807, 2.05) is 0 Å². The smallest absolute Gasteiger partial charge is 0.134 e. The van der Waals surface area contributed by atoms with Crippen molar-refractivity contribution in [2.45, 2.75) is 59.6 Å². The van der Waals surface area contributed by atoms with E-state index in [1.165, 1.54) is 54.9 Å². The number of nitrogens with two attached hydrogens (primary N) is 3. The summed E-state index contributed by atoms with van der Waals surface area (Å²) in [6.45, 7) is -1.31. The summed E-state index contributed by atoms with van der Waals surface area (Å²) in [5, 5.41) is 67.5. The first-order valence-corrected chi connectivity index (χ1v) is 14.5. The number of ether oxygens (including phenoxy) is 2. The van der Waals surface area contributed by atoms with E-state index in [4.69, 9.17) is 26.8 Å². The van der Waals surface area contributed by atoms with Crippen LogP contribution >= 0.6 is 11.8 Å². The monoisotopic (exact) mass is 641 g/mol. The molecule has 0 spiro atoms. The van der Waals surface area contributed by atoms with Gasteiger partial charge in [-0.25, -0.2) is 14.6 Å². The van der Waals surface area contributed by atoms with Crippen LogP contribution < -0.4 is 22.6 Å². The highest BCUT2D eigenvalue weighted by molar-refractivity contribution is 8.00. The second-order valence-corrected chi connectivity index (χ2v) is 11.6. The second-order valence-electron chi connectivity index (χ2n) is 10.4. The molecular weight excluding hydrogens is 604 g/mol. The van der Waals surface area contributed by atoms with Crippen LogP contribution in [0.4, 0.5) is 8.78 Å². The van der Waals surface area contributed by atoms with E-state index in [0.717, 1.165) is 16.8 Å². The number of hydrogen-bond acceptors (Lipinski definition) is 14. The van der Waals surface area contributed by atoms with Crippen molar-refractivity contribution in [1.82, 2.24) is 10.3 Å². The van der Waals surface area contributed by atoms with Crippen molar-refractivity contribution in [3.05, 3.63) is 83.7 Å². The molecule has 0 saturated carbocycles. The predicted octanol–water partition coefficient (Wildman–Crippen LogP) is -1.71. The average molecular weight is 642 g/mol. The van der Waals surface area contributed by atoms with Crippen LogP contribution in [0.2, 0.25) is 0 Å². The number of thioether (sulfide) groups is 1. The number of aliphatic hydroxyl groups excluding tert-OH is 6. The Hall–Kier alpha value is -3.03. The van der Waals surface area contributed by atoms with Crippen molar-refractivity contribution in [1.29, 1.82) is 0 Å². The molecule has 10 atom stereocenters. The quantitative estimate of drug-likeness (QED) is 0.103. The van der Waals surface area contributed by atoms with Crippen molar-refractivity contribution in [2.24, 2.45) is 17.3 Å². The molecule has 0 radical (unpaired) electrons. The van der Waals surface area contributed by atoms with Gasteiger partial charge in [0.05, 0.1) is 30.6 Å². The molecule has 2 aliphatic heterocycles. The maximum Gasteiger partial charge on any atom is 0.134 e. The van der Waals surface area contributed by atoms with Crippen molar-refractivity contribution in [3.8, 4) is 0 Å². The van der Waals surface area contributed by atoms with Gasteiger partial charge in [0.1, 0.15) is 65.2 Å². The molecule has 4 rings (SSSR count). The number of rotatable bonds is 10. The summed E-state index contributed by atoms with van der Waals surface area (Å²) in [5.74, 6) is 5.12. The van der Waals surface area contributed by atoms with E-state index >= 15 is 0 Å². The fourth-order valence-electron chi connectivity index (χ4n) is 4.99. The molecular formula is C28H37F2N5O8S. The number of nitrogens with one attached hydrogen (secondary N) is 1. The van der Waals surface area contributed by atoms with Gasteiger partial charge in [-0.1, -0.05) is 36.0 Å². The fraction of sp³-hybridized carbons (Fsp3) is 0.429. The minimum atomic E-state index is -1.57. The molecule has 10 unspecified atom stereocenters. The van der Waals surface area contributed by atoms with Crippen molar-refractivity contribution in [3.63, 3.8) is 0 Å². The Labute approximate surface area is 256 Å². The van der Waals surface area contributed by atoms with Crippen molar-refractivity contribution < 1.29 is 48.9 Å². The third kappa shape index (κ3) is 7.60. The van der Waals surface area contributed by atoms with Crippen LogP contribution in [0.3, 0.4) is 0 Å². The molecule has 2 aromatic rings. The summed E-state index contributed by atoms with van der Waals surface area (Å²) in [4.78, 5) is 0. The van der Waals surface area contributed by atoms with Crippen LogP contribution in [0.25, 0.3) is 11.4 Å². The van der Waals surface area contributed by atoms with E-state index < -0.39 is 84.4 Å². The third-order valence-electron chi connectivity index (χ3n) is 7.38. The summed E-state index contributed by atoms with van der Waals surface area (Å²) in [7, 11) is 0. The van der Waals surface area contributed by atoms with Gasteiger partial charge < -0.3 is 61.9 Å². The SMILES string of the molecule is N/C(=C\NC1C(O)C(CO)OC(SC2OC(CO)C(O)C(N(N)/C=C(\N)c3cccc(F)c3)C2O)C1O)c1cccc(F)c1. The van der Waals surface area contributed by atoms with E-state index in [0.29, 0.717) is 11.1 Å². The van der Waals surface area contributed by atoms with Crippen LogP contribution in [0.15, 0.2) is 60.9 Å². The summed E-state index contributed by atoms with van der Waals surface area (Å²) in [6.07, 6.45) is -5.95. The highest BCUT2D eigenvalue weighted by Crippen LogP contribution is 2.37. The van der Waals surface area contributed by atoms with Gasteiger partial charge in [0.2, 0.25) is 0 Å². The molecule has 13 N–H and O–H groups in total. The molecule has 0 aliphatic carbocycles. The first kappa shape index (κ1) is 33.9. The van der Waals surface area contributed by atoms with Crippen LogP contribution in [0.5, 0.6) is 0 Å². The molecule has 0 bridgehead atoms. The number of aliphatic hydroxyl groups is 6. The third-order valence-corrected chi connectivity index (χ3v) is 8.70. The Morgan fingerprint density at radius 3 is 1.89 bits per heavy atom. The van der Waals surface area contributed by atoms with Gasteiger partial charge in [-0.3, -0.25) is 0 Å². The topological polar surface area (TPSA) is 233 Å². The van der Waals surface area contributed by atoms with E-state index in [-0.39, 0.29) is 11.4 Å². The summed E-state index contributed by atoms with van der Waals surface area (Å²) in [5.41, 5.74) is 10.4. The van der Waals surface area contributed by atoms with Gasteiger partial charge >= 0.3 is 0 Å². The highest BCUT2D eigenvalue weighted by Gasteiger charge is 2.51. The number of hydrazine groups is 1. The molecule has 2 saturated heterocycles. The van der Waals surface area contributed by atoms with Gasteiger partial charge in [0.25, 0.3) is 0 Å². The lowest BCUT2D eigenvalue weighted by Crippen LogP contribution is -2.66. The Morgan fingerprint density at radius 2 is 1.34 bits per heavy atom. The molecule has 2 fully saturated rings. The molecule has 44 heavy (non-hydrogen) atoms. The second kappa shape index (κ2) is 14.8. The first-order valence-electron chi connectivity index (χ1n) is 13.6. The number of halogens is 2. The van der Waals surface area contributed by atoms with Crippen LogP contribution in [-0.4, -0.2) is 108 Å². The van der Waals surface area contributed by atoms with Crippen LogP contribution in [-0.2, 0) is 9.47 Å². The first-order chi connectivity index (χ1) is 20.9. The predicted molar refractivity (Wildman–Crippen MR) is 157 cm³/mol. The van der Waals surface area contributed by atoms with Gasteiger partial charge in [-0.2, -0.15) is 0 Å². The molecule has 0 amide bonds. The highest BCUT2D eigenvalue weighted by atomic mass is 32.2. The van der Waals surface area contributed by atoms with Crippen molar-refractivity contribution >= 4 is 23.2 Å².